The van der Waals surface area contributed by atoms with Crippen LogP contribution in [0, 0.1) is 0 Å². The number of carbonyl (C=O) groups excluding carboxylic acids is 2. The van der Waals surface area contributed by atoms with Crippen molar-refractivity contribution >= 4 is 51.5 Å². The molecule has 0 aromatic heterocycles. The Labute approximate surface area is 227 Å². The van der Waals surface area contributed by atoms with Gasteiger partial charge in [0.25, 0.3) is 0 Å². The average molecular weight is 694 g/mol. The standard InChI is InChI=1S/C4H4O4.6C4H9.2Sn/c5-3(6)1-2-4(7)8;6*1-3-4-2;;/h1-2H,(H,5,6)(H,7,8);6*1,3-4H2,2H3;;/q;;;;;;;2*+1/p-2. The molecular formula is C28H56O4Sn2. The number of carboxylic acid groups (broad SMARTS) is 2. The summed E-state index contributed by atoms with van der Waals surface area (Å²) in [4.78, 5) is 18.8. The molecule has 0 unspecified atom stereocenters. The second-order valence-corrected chi connectivity index (χ2v) is 26.2. The Kier molecular flexibility index (Phi) is 38.0. The zero-order valence-electron chi connectivity index (χ0n) is 23.5. The normalized spacial score (nSPS) is 10.2. The van der Waals surface area contributed by atoms with Crippen molar-refractivity contribution in [2.24, 2.45) is 0 Å². The van der Waals surface area contributed by atoms with Crippen LogP contribution in [-0.2, 0) is 9.59 Å². The van der Waals surface area contributed by atoms with Crippen LogP contribution >= 0.6 is 0 Å². The van der Waals surface area contributed by atoms with Crippen molar-refractivity contribution in [3.8, 4) is 0 Å². The van der Waals surface area contributed by atoms with Crippen LogP contribution < -0.4 is 10.2 Å². The Morgan fingerprint density at radius 2 is 0.647 bits per heavy atom. The summed E-state index contributed by atoms with van der Waals surface area (Å²) in [6, 6.07) is 0. The smallest absolute Gasteiger partial charge is 0.0643 e. The van der Waals surface area contributed by atoms with Crippen molar-refractivity contribution in [1.29, 1.82) is 0 Å². The summed E-state index contributed by atoms with van der Waals surface area (Å²) in [5.41, 5.74) is 0. The third-order valence-corrected chi connectivity index (χ3v) is 23.8. The van der Waals surface area contributed by atoms with E-state index in [0.29, 0.717) is 12.2 Å². The molecule has 0 radical (unpaired) electrons. The molecule has 0 aromatic rings. The zero-order valence-corrected chi connectivity index (χ0v) is 29.2. The third kappa shape index (κ3) is 36.8. The zero-order chi connectivity index (χ0) is 26.5. The van der Waals surface area contributed by atoms with Crippen molar-refractivity contribution in [3.63, 3.8) is 0 Å². The summed E-state index contributed by atoms with van der Waals surface area (Å²) in [7, 11) is 0. The maximum absolute atomic E-state index is 9.41. The maximum Gasteiger partial charge on any atom is 0.0643 e. The summed E-state index contributed by atoms with van der Waals surface area (Å²) in [6.07, 6.45) is 18.5. The summed E-state index contributed by atoms with van der Waals surface area (Å²) >= 11 is -1.68. The summed E-state index contributed by atoms with van der Waals surface area (Å²) < 4.78 is 10.1. The Balaban J connectivity index is -0.000000438. The molecule has 0 atom stereocenters. The van der Waals surface area contributed by atoms with Gasteiger partial charge in [-0.3, -0.25) is 0 Å². The molecule has 0 heterocycles. The number of carboxylic acids is 2. The fourth-order valence-electron chi connectivity index (χ4n) is 3.45. The van der Waals surface area contributed by atoms with Gasteiger partial charge >= 0.3 is 185 Å². The van der Waals surface area contributed by atoms with Crippen molar-refractivity contribution < 1.29 is 19.8 Å². The monoisotopic (exact) mass is 696 g/mol. The molecule has 4 nitrogen and oxygen atoms in total. The molecular weight excluding hydrogens is 638 g/mol. The minimum absolute atomic E-state index is 0.384. The van der Waals surface area contributed by atoms with E-state index in [0.717, 1.165) is 0 Å². The molecule has 0 aliphatic carbocycles. The molecule has 0 aromatic carbocycles. The molecule has 0 bridgehead atoms. The number of rotatable bonds is 20. The second-order valence-electron chi connectivity index (χ2n) is 9.09. The average Bonchev–Trinajstić information content (AvgIpc) is 2.82. The fourth-order valence-corrected chi connectivity index (χ4v) is 22.3. The first-order valence-corrected chi connectivity index (χ1v) is 26.2. The molecule has 34 heavy (non-hydrogen) atoms. The number of carbonyl (C=O) groups is 2. The molecule has 200 valence electrons. The van der Waals surface area contributed by atoms with Crippen LogP contribution in [-0.4, -0.2) is 51.5 Å². The van der Waals surface area contributed by atoms with Crippen molar-refractivity contribution in [3.05, 3.63) is 12.2 Å². The largest absolute Gasteiger partial charge is 0.545 e. The Morgan fingerprint density at radius 3 is 0.765 bits per heavy atom. The molecule has 0 rings (SSSR count). The topological polar surface area (TPSA) is 80.3 Å². The molecule has 0 saturated heterocycles. The number of unbranched alkanes of at least 4 members (excludes halogenated alkanes) is 6. The SMILES string of the molecule is CCC[CH2][Sn+]([CH2]CCC)[CH2]CCC.CCC[CH2][Sn+]([CH2]CCC)[CH2]CCC.O=C([O-])C=CC(=O)[O-]. The first-order valence-electron chi connectivity index (χ1n) is 14.1. The molecule has 0 amide bonds. The molecule has 0 spiro atoms. The van der Waals surface area contributed by atoms with Crippen LogP contribution in [0.25, 0.3) is 0 Å². The van der Waals surface area contributed by atoms with Crippen LogP contribution in [0.15, 0.2) is 12.2 Å². The molecule has 6 heteroatoms. The van der Waals surface area contributed by atoms with E-state index in [4.69, 9.17) is 0 Å². The van der Waals surface area contributed by atoms with E-state index < -0.39 is 51.5 Å². The van der Waals surface area contributed by atoms with Gasteiger partial charge in [-0.1, -0.05) is 0 Å². The van der Waals surface area contributed by atoms with E-state index in [1.807, 2.05) is 0 Å². The molecule has 0 N–H and O–H groups in total. The predicted molar refractivity (Wildman–Crippen MR) is 149 cm³/mol. The quantitative estimate of drug-likeness (QED) is 0.104. The second kappa shape index (κ2) is 33.3. The van der Waals surface area contributed by atoms with E-state index >= 15 is 0 Å². The van der Waals surface area contributed by atoms with Gasteiger partial charge in [0.05, 0.1) is 11.9 Å². The van der Waals surface area contributed by atoms with Crippen LogP contribution in [0.3, 0.4) is 0 Å². The number of aliphatic carboxylic acids is 2. The van der Waals surface area contributed by atoms with E-state index in [9.17, 15) is 19.8 Å². The number of hydrogen-bond acceptors (Lipinski definition) is 4. The van der Waals surface area contributed by atoms with Crippen LogP contribution in [0.5, 0.6) is 0 Å². The number of hydrogen-bond donors (Lipinski definition) is 0. The van der Waals surface area contributed by atoms with Gasteiger partial charge in [0.1, 0.15) is 0 Å². The van der Waals surface area contributed by atoms with E-state index in [2.05, 4.69) is 41.5 Å². The summed E-state index contributed by atoms with van der Waals surface area (Å²) in [6.45, 7) is 14.0. The minimum Gasteiger partial charge on any atom is -0.545 e. The Hall–Kier alpha value is 0.277. The van der Waals surface area contributed by atoms with Crippen molar-refractivity contribution in [2.45, 2.75) is 145 Å². The summed E-state index contributed by atoms with van der Waals surface area (Å²) in [5, 5.41) is 18.8. The molecule has 0 saturated carbocycles. The molecule has 0 aliphatic heterocycles. The molecule has 0 fully saturated rings. The first kappa shape index (κ1) is 38.8. The van der Waals surface area contributed by atoms with E-state index in [1.54, 1.807) is 26.6 Å². The van der Waals surface area contributed by atoms with Crippen LogP contribution in [0.2, 0.25) is 26.6 Å². The van der Waals surface area contributed by atoms with Gasteiger partial charge in [-0.2, -0.15) is 0 Å². The Bertz CT molecular complexity index is 378. The van der Waals surface area contributed by atoms with Crippen molar-refractivity contribution in [2.75, 3.05) is 0 Å². The fraction of sp³-hybridized carbons (Fsp3) is 0.857. The maximum atomic E-state index is 9.41. The van der Waals surface area contributed by atoms with Crippen molar-refractivity contribution in [1.82, 2.24) is 0 Å². The van der Waals surface area contributed by atoms with Gasteiger partial charge in [0, 0.05) is 0 Å². The third-order valence-electron chi connectivity index (χ3n) is 5.66. The van der Waals surface area contributed by atoms with Crippen LogP contribution in [0.1, 0.15) is 119 Å². The van der Waals surface area contributed by atoms with Gasteiger partial charge in [0.15, 0.2) is 0 Å². The summed E-state index contributed by atoms with van der Waals surface area (Å²) in [5.74, 6) is -3.09. The van der Waals surface area contributed by atoms with Gasteiger partial charge in [-0.25, -0.2) is 0 Å². The van der Waals surface area contributed by atoms with Gasteiger partial charge in [-0.05, 0) is 12.2 Å². The predicted octanol–water partition coefficient (Wildman–Crippen LogP) is 6.81. The van der Waals surface area contributed by atoms with Gasteiger partial charge in [0.2, 0.25) is 0 Å². The van der Waals surface area contributed by atoms with E-state index in [-0.39, 0.29) is 0 Å². The van der Waals surface area contributed by atoms with Crippen LogP contribution in [0.4, 0.5) is 0 Å². The van der Waals surface area contributed by atoms with E-state index in [1.165, 1.54) is 77.0 Å². The van der Waals surface area contributed by atoms with Gasteiger partial charge in [-0.15, -0.1) is 0 Å². The van der Waals surface area contributed by atoms with Gasteiger partial charge < -0.3 is 19.8 Å². The Morgan fingerprint density at radius 1 is 0.471 bits per heavy atom. The first-order chi connectivity index (χ1) is 16.3. The molecule has 0 aliphatic rings. The minimum atomic E-state index is -1.55.